The van der Waals surface area contributed by atoms with Crippen molar-refractivity contribution in [2.75, 3.05) is 13.1 Å². The number of carbonyl (C=O) groups is 1. The number of rotatable bonds is 1. The van der Waals surface area contributed by atoms with Crippen molar-refractivity contribution in [3.63, 3.8) is 0 Å². The van der Waals surface area contributed by atoms with Gasteiger partial charge in [0.15, 0.2) is 0 Å². The Morgan fingerprint density at radius 1 is 1.24 bits per heavy atom. The number of hydrogen-bond acceptors (Lipinski definition) is 1. The lowest BCUT2D eigenvalue weighted by Gasteiger charge is -2.29. The molecule has 1 unspecified atom stereocenters. The molecule has 2 nitrogen and oxygen atoms in total. The molecule has 1 atom stereocenters. The predicted octanol–water partition coefficient (Wildman–Crippen LogP) is 5.05. The van der Waals surface area contributed by atoms with E-state index in [1.54, 1.807) is 0 Å². The fraction of sp³-hybridized carbons (Fsp3) is 0.611. The first kappa shape index (κ1) is 16.5. The number of amides is 1. The molecule has 116 valence electrons. The van der Waals surface area contributed by atoms with E-state index in [1.807, 2.05) is 30.0 Å². The first-order chi connectivity index (χ1) is 9.80. The van der Waals surface area contributed by atoms with Gasteiger partial charge in [0.05, 0.1) is 0 Å². The molecule has 21 heavy (non-hydrogen) atoms. The summed E-state index contributed by atoms with van der Waals surface area (Å²) in [5.41, 5.74) is 2.21. The smallest absolute Gasteiger partial charge is 0.254 e. The summed E-state index contributed by atoms with van der Waals surface area (Å²) < 4.78 is 1.01. The van der Waals surface area contributed by atoms with Crippen molar-refractivity contribution >= 4 is 21.8 Å². The molecule has 1 aliphatic heterocycles. The van der Waals surface area contributed by atoms with Gasteiger partial charge in [0.2, 0.25) is 0 Å². The van der Waals surface area contributed by atoms with Gasteiger partial charge in [0.1, 0.15) is 0 Å². The molecule has 1 saturated heterocycles. The Labute approximate surface area is 137 Å². The normalized spacial score (nSPS) is 20.2. The van der Waals surface area contributed by atoms with Crippen LogP contribution in [-0.4, -0.2) is 23.9 Å². The third-order valence-corrected chi connectivity index (χ3v) is 5.60. The van der Waals surface area contributed by atoms with Crippen LogP contribution in [0.15, 0.2) is 22.7 Å². The molecule has 0 aliphatic carbocycles. The van der Waals surface area contributed by atoms with E-state index in [-0.39, 0.29) is 5.91 Å². The van der Waals surface area contributed by atoms with Crippen LogP contribution in [0, 0.1) is 18.3 Å². The van der Waals surface area contributed by atoms with Crippen LogP contribution < -0.4 is 0 Å². The van der Waals surface area contributed by atoms with Gasteiger partial charge < -0.3 is 4.90 Å². The minimum absolute atomic E-state index is 0.184. The number of likely N-dealkylation sites (tertiary alicyclic amines) is 1. The van der Waals surface area contributed by atoms with Gasteiger partial charge in [-0.1, -0.05) is 42.8 Å². The van der Waals surface area contributed by atoms with Crippen molar-refractivity contribution in [1.29, 1.82) is 0 Å². The van der Waals surface area contributed by atoms with Crippen molar-refractivity contribution in [3.8, 4) is 0 Å². The van der Waals surface area contributed by atoms with Gasteiger partial charge in [-0.15, -0.1) is 0 Å². The molecule has 0 bridgehead atoms. The van der Waals surface area contributed by atoms with Crippen molar-refractivity contribution < 1.29 is 4.79 Å². The van der Waals surface area contributed by atoms with Crippen LogP contribution in [0.5, 0.6) is 0 Å². The molecule has 2 rings (SSSR count). The maximum absolute atomic E-state index is 12.8. The topological polar surface area (TPSA) is 20.3 Å². The summed E-state index contributed by atoms with van der Waals surface area (Å²) in [5.74, 6) is 0.891. The van der Waals surface area contributed by atoms with Gasteiger partial charge in [-0.3, -0.25) is 4.79 Å². The summed E-state index contributed by atoms with van der Waals surface area (Å²) in [6.45, 7) is 10.7. The Morgan fingerprint density at radius 2 is 1.95 bits per heavy atom. The maximum Gasteiger partial charge on any atom is 0.254 e. The number of halogens is 1. The van der Waals surface area contributed by atoms with Crippen LogP contribution in [0.25, 0.3) is 0 Å². The van der Waals surface area contributed by atoms with Gasteiger partial charge in [0, 0.05) is 23.1 Å². The second-order valence-electron chi connectivity index (χ2n) is 7.20. The van der Waals surface area contributed by atoms with Crippen LogP contribution in [0.1, 0.15) is 56.0 Å². The number of hydrogen-bond donors (Lipinski definition) is 0. The van der Waals surface area contributed by atoms with E-state index < -0.39 is 0 Å². The molecule has 1 aromatic carbocycles. The van der Waals surface area contributed by atoms with Crippen LogP contribution >= 0.6 is 15.9 Å². The highest BCUT2D eigenvalue weighted by Crippen LogP contribution is 2.34. The second kappa shape index (κ2) is 6.51. The van der Waals surface area contributed by atoms with Crippen molar-refractivity contribution in [3.05, 3.63) is 33.8 Å². The largest absolute Gasteiger partial charge is 0.339 e. The summed E-state index contributed by atoms with van der Waals surface area (Å²) >= 11 is 3.52. The van der Waals surface area contributed by atoms with Gasteiger partial charge in [-0.2, -0.15) is 0 Å². The fourth-order valence-electron chi connectivity index (χ4n) is 3.17. The lowest BCUT2D eigenvalue weighted by molar-refractivity contribution is 0.0755. The third kappa shape index (κ3) is 3.88. The molecule has 1 amide bonds. The van der Waals surface area contributed by atoms with Crippen LogP contribution in [0.4, 0.5) is 0 Å². The lowest BCUT2D eigenvalue weighted by Crippen LogP contribution is -2.33. The molecule has 0 aromatic heterocycles. The van der Waals surface area contributed by atoms with E-state index in [0.29, 0.717) is 11.3 Å². The maximum atomic E-state index is 12.8. The predicted molar refractivity (Wildman–Crippen MR) is 91.6 cm³/mol. The van der Waals surface area contributed by atoms with E-state index >= 15 is 0 Å². The number of benzene rings is 1. The van der Waals surface area contributed by atoms with Crippen molar-refractivity contribution in [2.24, 2.45) is 11.3 Å². The molecule has 1 aromatic rings. The summed E-state index contributed by atoms with van der Waals surface area (Å²) in [7, 11) is 0. The standard InChI is InChI=1S/C18H26BrNO/c1-13-15(8-5-9-16(13)19)17(21)20-11-6-7-14(10-12-20)18(2,3)4/h5,8-9,14H,6-7,10-12H2,1-4H3. The average Bonchev–Trinajstić information content (AvgIpc) is 2.66. The Hall–Kier alpha value is -0.830. The Morgan fingerprint density at radius 3 is 2.62 bits per heavy atom. The zero-order valence-corrected chi connectivity index (χ0v) is 15.2. The number of carbonyl (C=O) groups excluding carboxylic acids is 1. The van der Waals surface area contributed by atoms with Crippen LogP contribution in [-0.2, 0) is 0 Å². The molecule has 0 radical (unpaired) electrons. The van der Waals surface area contributed by atoms with E-state index in [0.717, 1.165) is 41.5 Å². The van der Waals surface area contributed by atoms with E-state index in [1.165, 1.54) is 6.42 Å². The van der Waals surface area contributed by atoms with Gasteiger partial charge in [-0.25, -0.2) is 0 Å². The molecular formula is C18H26BrNO. The van der Waals surface area contributed by atoms with E-state index in [9.17, 15) is 4.79 Å². The van der Waals surface area contributed by atoms with Crippen molar-refractivity contribution in [1.82, 2.24) is 4.90 Å². The Bertz CT molecular complexity index is 518. The third-order valence-electron chi connectivity index (χ3n) is 4.74. The number of nitrogens with zero attached hydrogens (tertiary/aromatic N) is 1. The lowest BCUT2D eigenvalue weighted by atomic mass is 9.77. The zero-order valence-electron chi connectivity index (χ0n) is 13.6. The quantitative estimate of drug-likeness (QED) is 0.693. The van der Waals surface area contributed by atoms with E-state index in [4.69, 9.17) is 0 Å². The summed E-state index contributed by atoms with van der Waals surface area (Å²) in [5, 5.41) is 0. The Kier molecular flexibility index (Phi) is 5.13. The van der Waals surface area contributed by atoms with E-state index in [2.05, 4.69) is 36.7 Å². The minimum Gasteiger partial charge on any atom is -0.339 e. The summed E-state index contributed by atoms with van der Waals surface area (Å²) in [6, 6.07) is 5.87. The van der Waals surface area contributed by atoms with Crippen LogP contribution in [0.3, 0.4) is 0 Å². The highest BCUT2D eigenvalue weighted by molar-refractivity contribution is 9.10. The summed E-state index contributed by atoms with van der Waals surface area (Å²) in [6.07, 6.45) is 3.45. The van der Waals surface area contributed by atoms with Crippen LogP contribution in [0.2, 0.25) is 0 Å². The Balaban J connectivity index is 2.12. The van der Waals surface area contributed by atoms with Gasteiger partial charge in [-0.05, 0) is 55.2 Å². The molecule has 3 heteroatoms. The highest BCUT2D eigenvalue weighted by atomic mass is 79.9. The average molecular weight is 352 g/mol. The minimum atomic E-state index is 0.184. The SMILES string of the molecule is Cc1c(Br)cccc1C(=O)N1CCCC(C(C)(C)C)CC1. The van der Waals surface area contributed by atoms with Crippen molar-refractivity contribution in [2.45, 2.75) is 47.0 Å². The van der Waals surface area contributed by atoms with Gasteiger partial charge >= 0.3 is 0 Å². The first-order valence-corrected chi connectivity index (χ1v) is 8.64. The monoisotopic (exact) mass is 351 g/mol. The second-order valence-corrected chi connectivity index (χ2v) is 8.05. The molecule has 0 N–H and O–H groups in total. The summed E-state index contributed by atoms with van der Waals surface area (Å²) in [4.78, 5) is 14.8. The molecule has 1 heterocycles. The molecular weight excluding hydrogens is 326 g/mol. The molecule has 0 saturated carbocycles. The first-order valence-electron chi connectivity index (χ1n) is 7.85. The fourth-order valence-corrected chi connectivity index (χ4v) is 3.54. The van der Waals surface area contributed by atoms with Gasteiger partial charge in [0.25, 0.3) is 5.91 Å². The molecule has 1 fully saturated rings. The molecule has 0 spiro atoms. The highest BCUT2D eigenvalue weighted by Gasteiger charge is 2.29. The zero-order chi connectivity index (χ0) is 15.6. The molecule has 1 aliphatic rings.